The van der Waals surface area contributed by atoms with Crippen LogP contribution in [0.2, 0.25) is 0 Å². The highest BCUT2D eigenvalue weighted by molar-refractivity contribution is 6.09. The number of anilines is 1. The number of ketones is 1. The summed E-state index contributed by atoms with van der Waals surface area (Å²) in [4.78, 5) is 12.0. The third-order valence-corrected chi connectivity index (χ3v) is 2.48. The van der Waals surface area contributed by atoms with E-state index in [-0.39, 0.29) is 5.78 Å². The van der Waals surface area contributed by atoms with Crippen LogP contribution in [0.3, 0.4) is 0 Å². The average Bonchev–Trinajstić information content (AvgIpc) is 2.42. The molecule has 1 aromatic carbocycles. The fraction of sp³-hybridized carbons (Fsp3) is 0.267. The van der Waals surface area contributed by atoms with Gasteiger partial charge in [-0.3, -0.25) is 4.79 Å². The van der Waals surface area contributed by atoms with Crippen LogP contribution in [0.1, 0.15) is 37.0 Å². The van der Waals surface area contributed by atoms with Crippen LogP contribution in [0, 0.1) is 0 Å². The second kappa shape index (κ2) is 6.69. The molecule has 1 aliphatic carbocycles. The van der Waals surface area contributed by atoms with Crippen LogP contribution >= 0.6 is 0 Å². The quantitative estimate of drug-likeness (QED) is 0.620. The first kappa shape index (κ1) is 13.2. The van der Waals surface area contributed by atoms with Gasteiger partial charge in [0.05, 0.1) is 0 Å². The minimum atomic E-state index is 0.111. The number of Topliss-reactive ketones (excluding diaryl/α,β-unsaturated/α-hetero) is 1. The summed E-state index contributed by atoms with van der Waals surface area (Å²) in [6.07, 6.45) is 7.68. The number of nitrogen functional groups attached to an aromatic ring is 1. The molecular formula is C15H19NO. The molecule has 2 rings (SSSR count). The van der Waals surface area contributed by atoms with Gasteiger partial charge in [0.25, 0.3) is 0 Å². The maximum Gasteiger partial charge on any atom is 0.189 e. The smallest absolute Gasteiger partial charge is 0.189 e. The molecule has 0 bridgehead atoms. The Bertz CT molecular complexity index is 427. The van der Waals surface area contributed by atoms with Gasteiger partial charge in [0.1, 0.15) is 0 Å². The maximum atomic E-state index is 12.0. The van der Waals surface area contributed by atoms with Crippen molar-refractivity contribution in [3.8, 4) is 0 Å². The normalized spacial score (nSPS) is 13.4. The summed E-state index contributed by atoms with van der Waals surface area (Å²) in [7, 11) is 0. The van der Waals surface area contributed by atoms with Gasteiger partial charge in [-0.1, -0.05) is 32.1 Å². The Morgan fingerprint density at radius 1 is 1.18 bits per heavy atom. The summed E-state index contributed by atoms with van der Waals surface area (Å²) < 4.78 is 0. The molecule has 90 valence electrons. The lowest BCUT2D eigenvalue weighted by Gasteiger charge is -2.07. The number of carbonyl (C=O) groups excluding carboxylic acids is 1. The largest absolute Gasteiger partial charge is 0.399 e. The molecule has 1 aromatic rings. The van der Waals surface area contributed by atoms with E-state index in [1.54, 1.807) is 24.3 Å². The first-order chi connectivity index (χ1) is 8.27. The summed E-state index contributed by atoms with van der Waals surface area (Å²) in [6, 6.07) is 7.06. The highest BCUT2D eigenvalue weighted by atomic mass is 16.1. The number of rotatable bonds is 2. The Hall–Kier alpha value is -1.83. The van der Waals surface area contributed by atoms with Crippen molar-refractivity contribution >= 4 is 11.5 Å². The van der Waals surface area contributed by atoms with Crippen LogP contribution in [-0.4, -0.2) is 5.78 Å². The first-order valence-corrected chi connectivity index (χ1v) is 6.03. The van der Waals surface area contributed by atoms with E-state index in [9.17, 15) is 4.79 Å². The second-order valence-corrected chi connectivity index (χ2v) is 3.61. The van der Waals surface area contributed by atoms with E-state index in [0.29, 0.717) is 11.3 Å². The van der Waals surface area contributed by atoms with Crippen LogP contribution < -0.4 is 5.73 Å². The minimum absolute atomic E-state index is 0.111. The Morgan fingerprint density at radius 3 is 2.35 bits per heavy atom. The van der Waals surface area contributed by atoms with E-state index >= 15 is 0 Å². The van der Waals surface area contributed by atoms with Crippen molar-refractivity contribution in [3.05, 3.63) is 53.6 Å². The van der Waals surface area contributed by atoms with Crippen molar-refractivity contribution in [1.82, 2.24) is 0 Å². The second-order valence-electron chi connectivity index (χ2n) is 3.61. The molecule has 0 saturated carbocycles. The van der Waals surface area contributed by atoms with Crippen molar-refractivity contribution in [2.45, 2.75) is 26.7 Å². The molecule has 0 radical (unpaired) electrons. The summed E-state index contributed by atoms with van der Waals surface area (Å²) >= 11 is 0. The Kier molecular flexibility index (Phi) is 5.21. The molecule has 0 aliphatic heterocycles. The van der Waals surface area contributed by atoms with Crippen molar-refractivity contribution in [3.63, 3.8) is 0 Å². The van der Waals surface area contributed by atoms with Crippen molar-refractivity contribution in [2.75, 3.05) is 5.73 Å². The summed E-state index contributed by atoms with van der Waals surface area (Å²) in [5.41, 5.74) is 7.84. The zero-order valence-corrected chi connectivity index (χ0v) is 10.4. The van der Waals surface area contributed by atoms with Gasteiger partial charge < -0.3 is 5.73 Å². The van der Waals surface area contributed by atoms with Crippen LogP contribution in [0.5, 0.6) is 0 Å². The predicted octanol–water partition coefficient (Wildman–Crippen LogP) is 3.75. The van der Waals surface area contributed by atoms with Crippen LogP contribution in [0.4, 0.5) is 5.69 Å². The van der Waals surface area contributed by atoms with Crippen molar-refractivity contribution in [2.24, 2.45) is 0 Å². The summed E-state index contributed by atoms with van der Waals surface area (Å²) in [5, 5.41) is 0. The Labute approximate surface area is 103 Å². The highest BCUT2D eigenvalue weighted by Crippen LogP contribution is 2.18. The van der Waals surface area contributed by atoms with Gasteiger partial charge in [-0.05, 0) is 37.1 Å². The minimum Gasteiger partial charge on any atom is -0.399 e. The molecule has 2 N–H and O–H groups in total. The van der Waals surface area contributed by atoms with Crippen molar-refractivity contribution in [1.29, 1.82) is 0 Å². The SMILES string of the molecule is CC.Nc1ccc(C(=O)C2=CC=CCC2)cc1. The van der Waals surface area contributed by atoms with Gasteiger partial charge in [-0.25, -0.2) is 0 Å². The van der Waals surface area contributed by atoms with Crippen LogP contribution in [0.25, 0.3) is 0 Å². The highest BCUT2D eigenvalue weighted by Gasteiger charge is 2.11. The zero-order valence-electron chi connectivity index (χ0n) is 10.4. The summed E-state index contributed by atoms with van der Waals surface area (Å²) in [6.45, 7) is 4.00. The third kappa shape index (κ3) is 3.59. The zero-order chi connectivity index (χ0) is 12.7. The molecule has 0 fully saturated rings. The Morgan fingerprint density at radius 2 is 1.82 bits per heavy atom. The number of benzene rings is 1. The van der Waals surface area contributed by atoms with E-state index < -0.39 is 0 Å². The molecule has 0 atom stereocenters. The van der Waals surface area contributed by atoms with Gasteiger partial charge >= 0.3 is 0 Å². The molecule has 2 nitrogen and oxygen atoms in total. The lowest BCUT2D eigenvalue weighted by atomic mass is 9.96. The average molecular weight is 229 g/mol. The standard InChI is InChI=1S/C13H13NO.C2H6/c14-12-8-6-11(7-9-12)13(15)10-4-2-1-3-5-10;1-2/h1-2,4,6-9H,3,5,14H2;1-2H3. The fourth-order valence-corrected chi connectivity index (χ4v) is 1.61. The number of hydrogen-bond donors (Lipinski definition) is 1. The number of hydrogen-bond acceptors (Lipinski definition) is 2. The molecule has 0 amide bonds. The van der Waals surface area contributed by atoms with Gasteiger partial charge in [0.2, 0.25) is 0 Å². The number of carbonyl (C=O) groups is 1. The molecule has 17 heavy (non-hydrogen) atoms. The van der Waals surface area contributed by atoms with E-state index in [4.69, 9.17) is 5.73 Å². The predicted molar refractivity (Wildman–Crippen MR) is 73.0 cm³/mol. The number of allylic oxidation sites excluding steroid dienone is 4. The van der Waals surface area contributed by atoms with E-state index in [0.717, 1.165) is 18.4 Å². The van der Waals surface area contributed by atoms with Gasteiger partial charge in [-0.2, -0.15) is 0 Å². The topological polar surface area (TPSA) is 43.1 Å². The molecule has 1 aliphatic rings. The first-order valence-electron chi connectivity index (χ1n) is 6.03. The maximum absolute atomic E-state index is 12.0. The monoisotopic (exact) mass is 229 g/mol. The fourth-order valence-electron chi connectivity index (χ4n) is 1.61. The van der Waals surface area contributed by atoms with E-state index in [2.05, 4.69) is 6.08 Å². The molecule has 0 heterocycles. The third-order valence-electron chi connectivity index (χ3n) is 2.48. The van der Waals surface area contributed by atoms with E-state index in [1.807, 2.05) is 26.0 Å². The molecule has 0 saturated heterocycles. The lowest BCUT2D eigenvalue weighted by molar-refractivity contribution is 0.103. The summed E-state index contributed by atoms with van der Waals surface area (Å²) in [5.74, 6) is 0.111. The van der Waals surface area contributed by atoms with Gasteiger partial charge in [-0.15, -0.1) is 0 Å². The molecule has 0 aromatic heterocycles. The number of nitrogens with two attached hydrogens (primary N) is 1. The molecule has 0 spiro atoms. The van der Waals surface area contributed by atoms with Crippen LogP contribution in [0.15, 0.2) is 48.1 Å². The lowest BCUT2D eigenvalue weighted by Crippen LogP contribution is -2.04. The molecular weight excluding hydrogens is 210 g/mol. The van der Waals surface area contributed by atoms with Crippen molar-refractivity contribution < 1.29 is 4.79 Å². The molecule has 2 heteroatoms. The Balaban J connectivity index is 0.000000686. The van der Waals surface area contributed by atoms with E-state index in [1.165, 1.54) is 0 Å². The van der Waals surface area contributed by atoms with Gasteiger partial charge in [0, 0.05) is 16.8 Å². The van der Waals surface area contributed by atoms with Crippen LogP contribution in [-0.2, 0) is 0 Å². The molecule has 0 unspecified atom stereocenters. The van der Waals surface area contributed by atoms with Gasteiger partial charge in [0.15, 0.2) is 5.78 Å².